The Hall–Kier alpha value is -1.36. The van der Waals surface area contributed by atoms with Gasteiger partial charge >= 0.3 is 0 Å². The number of para-hydroxylation sites is 1. The highest BCUT2D eigenvalue weighted by Crippen LogP contribution is 2.39. The molecule has 2 rings (SSSR count). The molecule has 0 amide bonds. The number of thioether (sulfide) groups is 1. The van der Waals surface area contributed by atoms with Crippen LogP contribution in [0.2, 0.25) is 0 Å². The topological polar surface area (TPSA) is 45.7 Å². The molecule has 0 saturated carbocycles. The third-order valence-electron chi connectivity index (χ3n) is 3.98. The lowest BCUT2D eigenvalue weighted by Crippen LogP contribution is -2.45. The Morgan fingerprint density at radius 1 is 1.35 bits per heavy atom. The maximum atomic E-state index is 6.09. The molecule has 0 fully saturated rings. The monoisotopic (exact) mass is 335 g/mol. The predicted molar refractivity (Wildman–Crippen MR) is 101 cm³/mol. The molecular formula is C18H29N3OS. The van der Waals surface area contributed by atoms with E-state index < -0.39 is 0 Å². The number of guanidine groups is 1. The number of hydrogen-bond acceptors (Lipinski definition) is 3. The lowest BCUT2D eigenvalue weighted by atomic mass is 9.90. The van der Waals surface area contributed by atoms with Gasteiger partial charge in [0.05, 0.1) is 6.04 Å². The molecule has 0 aromatic heterocycles. The van der Waals surface area contributed by atoms with Crippen LogP contribution in [0.3, 0.4) is 0 Å². The van der Waals surface area contributed by atoms with Gasteiger partial charge in [-0.2, -0.15) is 11.8 Å². The molecule has 0 saturated heterocycles. The van der Waals surface area contributed by atoms with Gasteiger partial charge < -0.3 is 15.4 Å². The second kappa shape index (κ2) is 8.48. The molecule has 128 valence electrons. The van der Waals surface area contributed by atoms with Gasteiger partial charge in [-0.05, 0) is 44.8 Å². The molecular weight excluding hydrogens is 306 g/mol. The number of nitrogens with zero attached hydrogens (tertiary/aromatic N) is 1. The average Bonchev–Trinajstić information content (AvgIpc) is 2.52. The van der Waals surface area contributed by atoms with Gasteiger partial charge in [-0.1, -0.05) is 18.2 Å². The predicted octanol–water partition coefficient (Wildman–Crippen LogP) is 3.60. The fraction of sp³-hybridized carbons (Fsp3) is 0.611. The number of nitrogens with one attached hydrogen (secondary N) is 2. The summed E-state index contributed by atoms with van der Waals surface area (Å²) < 4.78 is 6.09. The molecule has 4 nitrogen and oxygen atoms in total. The maximum absolute atomic E-state index is 6.09. The van der Waals surface area contributed by atoms with Crippen LogP contribution in [-0.4, -0.2) is 37.2 Å². The molecule has 2 N–H and O–H groups in total. The van der Waals surface area contributed by atoms with Crippen molar-refractivity contribution < 1.29 is 4.74 Å². The zero-order chi connectivity index (χ0) is 16.7. The lowest BCUT2D eigenvalue weighted by Gasteiger charge is -2.38. The van der Waals surface area contributed by atoms with Gasteiger partial charge in [-0.25, -0.2) is 0 Å². The van der Waals surface area contributed by atoms with Crippen LogP contribution in [0.25, 0.3) is 0 Å². The van der Waals surface area contributed by atoms with Gasteiger partial charge in [0.25, 0.3) is 0 Å². The van der Waals surface area contributed by atoms with Crippen LogP contribution in [0, 0.1) is 0 Å². The van der Waals surface area contributed by atoms with Gasteiger partial charge in [-0.3, -0.25) is 4.99 Å². The van der Waals surface area contributed by atoms with Crippen LogP contribution < -0.4 is 15.4 Å². The first-order valence-corrected chi connectivity index (χ1v) is 9.69. The van der Waals surface area contributed by atoms with Crippen molar-refractivity contribution in [3.8, 4) is 5.75 Å². The van der Waals surface area contributed by atoms with Gasteiger partial charge in [0, 0.05) is 25.6 Å². The van der Waals surface area contributed by atoms with E-state index in [0.29, 0.717) is 0 Å². The van der Waals surface area contributed by atoms with E-state index in [1.807, 2.05) is 30.9 Å². The summed E-state index contributed by atoms with van der Waals surface area (Å²) in [4.78, 5) is 4.37. The molecule has 0 radical (unpaired) electrons. The molecule has 23 heavy (non-hydrogen) atoms. The third kappa shape index (κ3) is 5.34. The number of ether oxygens (including phenoxy) is 1. The van der Waals surface area contributed by atoms with E-state index in [1.54, 1.807) is 0 Å². The van der Waals surface area contributed by atoms with Crippen molar-refractivity contribution >= 4 is 17.7 Å². The largest absolute Gasteiger partial charge is 0.487 e. The van der Waals surface area contributed by atoms with Crippen molar-refractivity contribution in [2.24, 2.45) is 4.99 Å². The molecule has 1 aliphatic heterocycles. The number of fused-ring (bicyclic) bond motifs is 1. The van der Waals surface area contributed by atoms with Crippen molar-refractivity contribution in [3.63, 3.8) is 0 Å². The lowest BCUT2D eigenvalue weighted by molar-refractivity contribution is 0.0694. The number of benzene rings is 1. The number of aliphatic imine (C=N–C) groups is 1. The highest BCUT2D eigenvalue weighted by atomic mass is 32.2. The first kappa shape index (κ1) is 18.0. The van der Waals surface area contributed by atoms with E-state index in [-0.39, 0.29) is 11.6 Å². The number of hydrogen-bond donors (Lipinski definition) is 2. The van der Waals surface area contributed by atoms with E-state index >= 15 is 0 Å². The maximum Gasteiger partial charge on any atom is 0.191 e. The van der Waals surface area contributed by atoms with Crippen LogP contribution in [0.15, 0.2) is 29.3 Å². The van der Waals surface area contributed by atoms with Crippen LogP contribution >= 0.6 is 11.8 Å². The minimum absolute atomic E-state index is 0.177. The molecule has 1 unspecified atom stereocenters. The van der Waals surface area contributed by atoms with Crippen molar-refractivity contribution in [3.05, 3.63) is 29.8 Å². The quantitative estimate of drug-likeness (QED) is 0.474. The highest BCUT2D eigenvalue weighted by Gasteiger charge is 2.33. The second-order valence-electron chi connectivity index (χ2n) is 6.50. The first-order valence-electron chi connectivity index (χ1n) is 8.30. The van der Waals surface area contributed by atoms with Gasteiger partial charge in [0.1, 0.15) is 11.4 Å². The average molecular weight is 336 g/mol. The molecule has 0 aliphatic carbocycles. The standard InChI is InChI=1S/C18H29N3OS/c1-18(2)13-15(14-9-5-6-10-16(14)22-18)21-17(19-3)20-11-7-8-12-23-4/h5-6,9-10,15H,7-8,11-13H2,1-4H3,(H2,19,20,21). The van der Waals surface area contributed by atoms with Crippen LogP contribution in [0.5, 0.6) is 5.75 Å². The highest BCUT2D eigenvalue weighted by molar-refractivity contribution is 7.98. The second-order valence-corrected chi connectivity index (χ2v) is 7.49. The zero-order valence-electron chi connectivity index (χ0n) is 14.7. The zero-order valence-corrected chi connectivity index (χ0v) is 15.5. The van der Waals surface area contributed by atoms with Gasteiger partial charge in [-0.15, -0.1) is 0 Å². The van der Waals surface area contributed by atoms with Crippen molar-refractivity contribution in [2.75, 3.05) is 25.6 Å². The van der Waals surface area contributed by atoms with E-state index in [1.165, 1.54) is 17.7 Å². The number of rotatable bonds is 6. The van der Waals surface area contributed by atoms with E-state index in [0.717, 1.165) is 31.1 Å². The van der Waals surface area contributed by atoms with Gasteiger partial charge in [0.2, 0.25) is 0 Å². The molecule has 0 spiro atoms. The SMILES string of the molecule is CN=C(NCCCCSC)NC1CC(C)(C)Oc2ccccc21. The molecule has 1 aromatic carbocycles. The van der Waals surface area contributed by atoms with Crippen molar-refractivity contribution in [1.29, 1.82) is 0 Å². The minimum Gasteiger partial charge on any atom is -0.487 e. The van der Waals surface area contributed by atoms with Gasteiger partial charge in [0.15, 0.2) is 5.96 Å². The summed E-state index contributed by atoms with van der Waals surface area (Å²) in [5, 5.41) is 6.98. The van der Waals surface area contributed by atoms with Crippen LogP contribution in [-0.2, 0) is 0 Å². The normalized spacial score (nSPS) is 19.7. The van der Waals surface area contributed by atoms with Crippen molar-refractivity contribution in [2.45, 2.75) is 44.8 Å². The van der Waals surface area contributed by atoms with E-state index in [2.05, 4.69) is 47.9 Å². The summed E-state index contributed by atoms with van der Waals surface area (Å²) in [6, 6.07) is 8.48. The van der Waals surface area contributed by atoms with Crippen LogP contribution in [0.4, 0.5) is 0 Å². The Labute approximate surface area is 144 Å². The fourth-order valence-corrected chi connectivity index (χ4v) is 3.36. The van der Waals surface area contributed by atoms with E-state index in [9.17, 15) is 0 Å². The summed E-state index contributed by atoms with van der Waals surface area (Å²) in [6.07, 6.45) is 5.46. The third-order valence-corrected chi connectivity index (χ3v) is 4.68. The summed E-state index contributed by atoms with van der Waals surface area (Å²) in [5.41, 5.74) is 1.03. The smallest absolute Gasteiger partial charge is 0.191 e. The Balaban J connectivity index is 1.97. The summed E-state index contributed by atoms with van der Waals surface area (Å²) >= 11 is 1.90. The first-order chi connectivity index (χ1) is 11.1. The molecule has 1 aliphatic rings. The Kier molecular flexibility index (Phi) is 6.63. The Morgan fingerprint density at radius 3 is 2.87 bits per heavy atom. The fourth-order valence-electron chi connectivity index (χ4n) is 2.87. The summed E-state index contributed by atoms with van der Waals surface area (Å²) in [5.74, 6) is 3.05. The Bertz CT molecular complexity index is 531. The Morgan fingerprint density at radius 2 is 2.13 bits per heavy atom. The molecule has 1 heterocycles. The van der Waals surface area contributed by atoms with Crippen LogP contribution in [0.1, 0.15) is 44.7 Å². The summed E-state index contributed by atoms with van der Waals surface area (Å²) in [6.45, 7) is 5.22. The minimum atomic E-state index is -0.177. The van der Waals surface area contributed by atoms with Crippen molar-refractivity contribution in [1.82, 2.24) is 10.6 Å². The number of unbranched alkanes of at least 4 members (excludes halogenated alkanes) is 1. The summed E-state index contributed by atoms with van der Waals surface area (Å²) in [7, 11) is 1.83. The molecule has 0 bridgehead atoms. The molecule has 5 heteroatoms. The molecule has 1 atom stereocenters. The van der Waals surface area contributed by atoms with E-state index in [4.69, 9.17) is 4.74 Å². The molecule has 1 aromatic rings.